The first-order valence-electron chi connectivity index (χ1n) is 8.52. The molecule has 0 bridgehead atoms. The number of nitrogens with one attached hydrogen (secondary N) is 1. The van der Waals surface area contributed by atoms with Crippen molar-refractivity contribution < 1.29 is 9.87 Å². The van der Waals surface area contributed by atoms with Gasteiger partial charge in [0, 0.05) is 18.2 Å². The molecule has 1 saturated heterocycles. The van der Waals surface area contributed by atoms with Crippen LogP contribution in [0.15, 0.2) is 30.3 Å². The Balaban J connectivity index is 0.00000121. The Bertz CT molecular complexity index is 836. The molecule has 3 N–H and O–H groups in total. The van der Waals surface area contributed by atoms with Crippen LogP contribution in [0, 0.1) is 12.7 Å². The lowest BCUT2D eigenvalue weighted by molar-refractivity contribution is 0.480. The largest absolute Gasteiger partial charge is 0.412 e. The molecule has 0 aromatic heterocycles. The zero-order chi connectivity index (χ0) is 16.7. The molecule has 7 heteroatoms. The highest BCUT2D eigenvalue weighted by Gasteiger charge is 2.26. The molecule has 0 amide bonds. The molecule has 140 valence electrons. The van der Waals surface area contributed by atoms with Gasteiger partial charge >= 0.3 is 0 Å². The van der Waals surface area contributed by atoms with Crippen LogP contribution in [0.2, 0.25) is 0 Å². The van der Waals surface area contributed by atoms with Crippen LogP contribution in [0.3, 0.4) is 0 Å². The number of aromatic amines is 1. The highest BCUT2D eigenvalue weighted by Crippen LogP contribution is 2.35. The van der Waals surface area contributed by atoms with E-state index >= 15 is 0 Å². The van der Waals surface area contributed by atoms with Gasteiger partial charge in [-0.25, -0.2) is 14.4 Å². The first-order valence-corrected chi connectivity index (χ1v) is 8.52. The van der Waals surface area contributed by atoms with Gasteiger partial charge in [0.1, 0.15) is 17.3 Å². The number of aromatic nitrogens is 3. The molecule has 3 heterocycles. The van der Waals surface area contributed by atoms with E-state index in [-0.39, 0.29) is 23.7 Å². The first kappa shape index (κ1) is 20.1. The molecule has 1 unspecified atom stereocenters. The minimum atomic E-state index is -0.234. The fraction of sp³-hybridized carbons (Fsp3) is 0.368. The third kappa shape index (κ3) is 3.66. The molecule has 0 spiro atoms. The predicted molar refractivity (Wildman–Crippen MR) is 105 cm³/mol. The topological polar surface area (TPSA) is 76.3 Å². The number of benzene rings is 1. The number of aryl methyl sites for hydroxylation is 1. The van der Waals surface area contributed by atoms with E-state index in [1.165, 1.54) is 31.4 Å². The van der Waals surface area contributed by atoms with Gasteiger partial charge in [0.15, 0.2) is 5.82 Å². The molecule has 0 saturated carbocycles. The highest BCUT2D eigenvalue weighted by atomic mass is 35.5. The molecular weight excluding hydrogens is 355 g/mol. The third-order valence-corrected chi connectivity index (χ3v) is 4.78. The van der Waals surface area contributed by atoms with Crippen molar-refractivity contribution >= 4 is 18.2 Å². The van der Waals surface area contributed by atoms with Crippen LogP contribution in [0.25, 0.3) is 22.6 Å². The molecule has 3 aliphatic heterocycles. The Kier molecular flexibility index (Phi) is 6.21. The molecule has 26 heavy (non-hydrogen) atoms. The molecule has 1 atom stereocenters. The summed E-state index contributed by atoms with van der Waals surface area (Å²) in [6.07, 6.45) is 3.65. The number of hydrogen-bond acceptors (Lipinski definition) is 3. The Hall–Kier alpha value is -2.18. The molecule has 1 aromatic carbocycles. The lowest BCUT2D eigenvalue weighted by Gasteiger charge is -2.35. The van der Waals surface area contributed by atoms with Crippen LogP contribution in [-0.2, 0) is 0 Å². The first-order chi connectivity index (χ1) is 11.6. The highest BCUT2D eigenvalue weighted by molar-refractivity contribution is 5.85. The maximum atomic E-state index is 13.2. The maximum absolute atomic E-state index is 13.2. The van der Waals surface area contributed by atoms with E-state index in [2.05, 4.69) is 16.8 Å². The van der Waals surface area contributed by atoms with E-state index < -0.39 is 0 Å². The molecule has 1 fully saturated rings. The summed E-state index contributed by atoms with van der Waals surface area (Å²) in [6.45, 7) is 5.25. The second-order valence-corrected chi connectivity index (χ2v) is 6.59. The summed E-state index contributed by atoms with van der Waals surface area (Å²) >= 11 is 0. The number of H-pyrrole nitrogens is 1. The Morgan fingerprint density at radius 1 is 1.15 bits per heavy atom. The van der Waals surface area contributed by atoms with Crippen molar-refractivity contribution in [2.75, 3.05) is 11.4 Å². The van der Waals surface area contributed by atoms with Gasteiger partial charge in [-0.3, -0.25) is 0 Å². The van der Waals surface area contributed by atoms with Crippen molar-refractivity contribution in [1.82, 2.24) is 15.0 Å². The fourth-order valence-corrected chi connectivity index (χ4v) is 3.50. The lowest BCUT2D eigenvalue weighted by Crippen LogP contribution is -2.38. The normalized spacial score (nSPS) is 16.9. The van der Waals surface area contributed by atoms with E-state index in [1.54, 1.807) is 12.1 Å². The third-order valence-electron chi connectivity index (χ3n) is 4.78. The molecule has 1 aromatic rings. The predicted octanol–water partition coefficient (Wildman–Crippen LogP) is 4.00. The van der Waals surface area contributed by atoms with Gasteiger partial charge < -0.3 is 15.4 Å². The van der Waals surface area contributed by atoms with Gasteiger partial charge in [-0.2, -0.15) is 0 Å². The van der Waals surface area contributed by atoms with Crippen LogP contribution >= 0.6 is 12.4 Å². The zero-order valence-electron chi connectivity index (χ0n) is 14.9. The molecule has 0 radical (unpaired) electrons. The number of halogens is 2. The number of rotatable bonds is 2. The SMILES string of the molecule is Cc1nc(N2CCCCC2C)c2nc(-c3ccc(F)cc3)cc-2[nH]1.Cl.O. The molecule has 4 rings (SSSR count). The summed E-state index contributed by atoms with van der Waals surface area (Å²) in [5, 5.41) is 0. The quantitative estimate of drug-likeness (QED) is 0.732. The van der Waals surface area contributed by atoms with Crippen LogP contribution < -0.4 is 4.90 Å². The zero-order valence-corrected chi connectivity index (χ0v) is 15.7. The molecular formula is C19H24ClFN4O. The summed E-state index contributed by atoms with van der Waals surface area (Å²) in [5.41, 5.74) is 3.64. The minimum absolute atomic E-state index is 0. The Morgan fingerprint density at radius 3 is 2.58 bits per heavy atom. The summed E-state index contributed by atoms with van der Waals surface area (Å²) in [5.74, 6) is 1.61. The van der Waals surface area contributed by atoms with Gasteiger partial charge in [-0.05, 0) is 63.4 Å². The van der Waals surface area contributed by atoms with E-state index in [0.29, 0.717) is 6.04 Å². The summed E-state index contributed by atoms with van der Waals surface area (Å²) in [6, 6.07) is 8.96. The number of nitrogens with zero attached hydrogens (tertiary/aromatic N) is 3. The molecule has 5 nitrogen and oxygen atoms in total. The van der Waals surface area contributed by atoms with Gasteiger partial charge in [0.25, 0.3) is 0 Å². The molecule has 0 aliphatic carbocycles. The summed E-state index contributed by atoms with van der Waals surface area (Å²) in [7, 11) is 0. The fourth-order valence-electron chi connectivity index (χ4n) is 3.50. The van der Waals surface area contributed by atoms with Crippen molar-refractivity contribution in [2.45, 2.75) is 39.2 Å². The van der Waals surface area contributed by atoms with Crippen LogP contribution in [0.4, 0.5) is 10.2 Å². The van der Waals surface area contributed by atoms with Gasteiger partial charge in [-0.15, -0.1) is 12.4 Å². The maximum Gasteiger partial charge on any atom is 0.159 e. The number of anilines is 1. The standard InChI is InChI=1S/C19H21FN4.ClH.H2O/c1-12-5-3-4-10-24(12)19-18-17(21-13(2)22-19)11-16(23-18)14-6-8-15(20)9-7-14;;/h6-9,11-12H,3-5,10H2,1-2H3,(H,21,22);1H;1H2. The Morgan fingerprint density at radius 2 is 1.88 bits per heavy atom. The van der Waals surface area contributed by atoms with Crippen LogP contribution in [0.5, 0.6) is 0 Å². The van der Waals surface area contributed by atoms with Gasteiger partial charge in [0.05, 0.1) is 11.4 Å². The van der Waals surface area contributed by atoms with Crippen molar-refractivity contribution in [2.24, 2.45) is 0 Å². The minimum Gasteiger partial charge on any atom is -0.412 e. The second kappa shape index (κ2) is 8.01. The van der Waals surface area contributed by atoms with E-state index in [1.807, 2.05) is 13.0 Å². The van der Waals surface area contributed by atoms with Crippen LogP contribution in [0.1, 0.15) is 32.0 Å². The van der Waals surface area contributed by atoms with Crippen molar-refractivity contribution in [1.29, 1.82) is 0 Å². The van der Waals surface area contributed by atoms with Gasteiger partial charge in [-0.1, -0.05) is 0 Å². The lowest BCUT2D eigenvalue weighted by atomic mass is 10.0. The number of hydrogen-bond donors (Lipinski definition) is 1. The summed E-state index contributed by atoms with van der Waals surface area (Å²) in [4.78, 5) is 15.2. The average molecular weight is 379 g/mol. The second-order valence-electron chi connectivity index (χ2n) is 6.59. The Labute approximate surface area is 158 Å². The van der Waals surface area contributed by atoms with Crippen molar-refractivity contribution in [3.05, 3.63) is 42.0 Å². The van der Waals surface area contributed by atoms with Crippen molar-refractivity contribution in [3.8, 4) is 22.6 Å². The van der Waals surface area contributed by atoms with E-state index in [4.69, 9.17) is 9.97 Å². The van der Waals surface area contributed by atoms with E-state index in [0.717, 1.165) is 40.8 Å². The number of piperidine rings is 1. The average Bonchev–Trinajstić information content (AvgIpc) is 2.99. The molecule has 3 aliphatic rings. The number of fused-ring (bicyclic) bond motifs is 1. The van der Waals surface area contributed by atoms with Crippen molar-refractivity contribution in [3.63, 3.8) is 0 Å². The monoisotopic (exact) mass is 378 g/mol. The van der Waals surface area contributed by atoms with Gasteiger partial charge in [0.2, 0.25) is 0 Å². The summed E-state index contributed by atoms with van der Waals surface area (Å²) < 4.78 is 13.2. The van der Waals surface area contributed by atoms with Crippen LogP contribution in [-0.4, -0.2) is 33.0 Å². The smallest absolute Gasteiger partial charge is 0.159 e. The van der Waals surface area contributed by atoms with E-state index in [9.17, 15) is 4.39 Å².